The van der Waals surface area contributed by atoms with Crippen molar-refractivity contribution in [3.8, 4) is 0 Å². The van der Waals surface area contributed by atoms with Crippen molar-refractivity contribution in [3.05, 3.63) is 12.2 Å². The molecular weight excluding hydrogens is 160 g/mol. The van der Waals surface area contributed by atoms with Crippen molar-refractivity contribution in [2.45, 2.75) is 39.3 Å². The molecule has 0 spiro atoms. The maximum absolute atomic E-state index is 3.94. The summed E-state index contributed by atoms with van der Waals surface area (Å²) in [6.07, 6.45) is 1.14. The Morgan fingerprint density at radius 1 is 1.38 bits per heavy atom. The Bertz CT molecular complexity index is 167. The molecule has 0 bridgehead atoms. The fourth-order valence-corrected chi connectivity index (χ4v) is 1.97. The number of nitrogens with zero attached hydrogens (tertiary/aromatic N) is 1. The lowest BCUT2D eigenvalue weighted by Gasteiger charge is -2.36. The van der Waals surface area contributed by atoms with Gasteiger partial charge >= 0.3 is 0 Å². The van der Waals surface area contributed by atoms with Gasteiger partial charge in [0.15, 0.2) is 0 Å². The summed E-state index contributed by atoms with van der Waals surface area (Å²) in [6, 6.07) is 1.27. The SMILES string of the molecule is C=C(C)CCN1CC(C)NC(C)C1. The fraction of sp³-hybridized carbons (Fsp3) is 0.818. The molecule has 0 amide bonds. The van der Waals surface area contributed by atoms with Gasteiger partial charge in [-0.15, -0.1) is 6.58 Å². The Kier molecular flexibility index (Phi) is 3.94. The molecule has 0 saturated carbocycles. The van der Waals surface area contributed by atoms with Gasteiger partial charge in [0.05, 0.1) is 0 Å². The van der Waals surface area contributed by atoms with Gasteiger partial charge in [-0.05, 0) is 27.2 Å². The van der Waals surface area contributed by atoms with Crippen molar-refractivity contribution < 1.29 is 0 Å². The van der Waals surface area contributed by atoms with E-state index in [-0.39, 0.29) is 0 Å². The van der Waals surface area contributed by atoms with Gasteiger partial charge in [-0.3, -0.25) is 4.90 Å². The van der Waals surface area contributed by atoms with Crippen molar-refractivity contribution in [2.75, 3.05) is 19.6 Å². The van der Waals surface area contributed by atoms with Crippen molar-refractivity contribution in [1.82, 2.24) is 10.2 Å². The first-order valence-corrected chi connectivity index (χ1v) is 5.20. The topological polar surface area (TPSA) is 15.3 Å². The molecular formula is C11H22N2. The van der Waals surface area contributed by atoms with E-state index in [0.29, 0.717) is 12.1 Å². The average molecular weight is 182 g/mol. The number of hydrogen-bond donors (Lipinski definition) is 1. The molecule has 2 nitrogen and oxygen atoms in total. The first-order valence-electron chi connectivity index (χ1n) is 5.20. The second kappa shape index (κ2) is 4.77. The molecule has 1 rings (SSSR count). The van der Waals surface area contributed by atoms with Gasteiger partial charge in [-0.1, -0.05) is 5.57 Å². The van der Waals surface area contributed by atoms with Gasteiger partial charge in [0.1, 0.15) is 0 Å². The number of piperazine rings is 1. The van der Waals surface area contributed by atoms with Gasteiger partial charge in [-0.25, -0.2) is 0 Å². The third kappa shape index (κ3) is 3.92. The quantitative estimate of drug-likeness (QED) is 0.667. The van der Waals surface area contributed by atoms with E-state index >= 15 is 0 Å². The molecule has 1 aliphatic rings. The first-order chi connectivity index (χ1) is 6.08. The van der Waals surface area contributed by atoms with Crippen LogP contribution in [0.25, 0.3) is 0 Å². The minimum Gasteiger partial charge on any atom is -0.309 e. The van der Waals surface area contributed by atoms with Gasteiger partial charge < -0.3 is 5.32 Å². The number of hydrogen-bond acceptors (Lipinski definition) is 2. The normalized spacial score (nSPS) is 30.4. The molecule has 76 valence electrons. The minimum atomic E-state index is 0.633. The molecule has 1 heterocycles. The molecule has 1 N–H and O–H groups in total. The summed E-state index contributed by atoms with van der Waals surface area (Å²) in [5.74, 6) is 0. The fourth-order valence-electron chi connectivity index (χ4n) is 1.97. The second-order valence-corrected chi connectivity index (χ2v) is 4.44. The Morgan fingerprint density at radius 2 is 1.92 bits per heavy atom. The Hall–Kier alpha value is -0.340. The molecule has 1 aliphatic heterocycles. The lowest BCUT2D eigenvalue weighted by Crippen LogP contribution is -2.54. The molecule has 0 aromatic rings. The van der Waals surface area contributed by atoms with Crippen LogP contribution in [-0.2, 0) is 0 Å². The molecule has 0 aliphatic carbocycles. The van der Waals surface area contributed by atoms with Crippen LogP contribution in [0.2, 0.25) is 0 Å². The molecule has 0 aromatic heterocycles. The largest absolute Gasteiger partial charge is 0.309 e. The highest BCUT2D eigenvalue weighted by Crippen LogP contribution is 2.06. The van der Waals surface area contributed by atoms with E-state index in [1.54, 1.807) is 0 Å². The van der Waals surface area contributed by atoms with Gasteiger partial charge in [0.2, 0.25) is 0 Å². The van der Waals surface area contributed by atoms with E-state index in [4.69, 9.17) is 0 Å². The summed E-state index contributed by atoms with van der Waals surface area (Å²) in [6.45, 7) is 14.1. The summed E-state index contributed by atoms with van der Waals surface area (Å²) in [5, 5.41) is 3.53. The van der Waals surface area contributed by atoms with Crippen molar-refractivity contribution >= 4 is 0 Å². The smallest absolute Gasteiger partial charge is 0.0169 e. The van der Waals surface area contributed by atoms with Crippen LogP contribution in [0, 0.1) is 0 Å². The van der Waals surface area contributed by atoms with Crippen molar-refractivity contribution in [3.63, 3.8) is 0 Å². The standard InChI is InChI=1S/C11H22N2/c1-9(2)5-6-13-7-10(3)12-11(4)8-13/h10-12H,1,5-8H2,2-4H3. The van der Waals surface area contributed by atoms with E-state index < -0.39 is 0 Å². The van der Waals surface area contributed by atoms with E-state index in [1.165, 1.54) is 25.2 Å². The summed E-state index contributed by atoms with van der Waals surface area (Å²) in [5.41, 5.74) is 1.29. The van der Waals surface area contributed by atoms with Crippen LogP contribution in [0.15, 0.2) is 12.2 Å². The average Bonchev–Trinajstić information content (AvgIpc) is 1.99. The third-order valence-electron chi connectivity index (χ3n) is 2.49. The molecule has 13 heavy (non-hydrogen) atoms. The van der Waals surface area contributed by atoms with Crippen LogP contribution >= 0.6 is 0 Å². The maximum atomic E-state index is 3.94. The third-order valence-corrected chi connectivity index (χ3v) is 2.49. The molecule has 1 saturated heterocycles. The predicted octanol–water partition coefficient (Wildman–Crippen LogP) is 1.63. The molecule has 2 heteroatoms. The Morgan fingerprint density at radius 3 is 2.38 bits per heavy atom. The second-order valence-electron chi connectivity index (χ2n) is 4.44. The van der Waals surface area contributed by atoms with Crippen LogP contribution in [0.5, 0.6) is 0 Å². The van der Waals surface area contributed by atoms with Gasteiger partial charge in [0.25, 0.3) is 0 Å². The summed E-state index contributed by atoms with van der Waals surface area (Å²) in [7, 11) is 0. The predicted molar refractivity (Wildman–Crippen MR) is 57.9 cm³/mol. The van der Waals surface area contributed by atoms with Crippen LogP contribution in [0.3, 0.4) is 0 Å². The molecule has 0 radical (unpaired) electrons. The van der Waals surface area contributed by atoms with Gasteiger partial charge in [0, 0.05) is 31.7 Å². The van der Waals surface area contributed by atoms with E-state index in [1.807, 2.05) is 0 Å². The Balaban J connectivity index is 2.28. The van der Waals surface area contributed by atoms with E-state index in [2.05, 4.69) is 37.6 Å². The highest BCUT2D eigenvalue weighted by Gasteiger charge is 2.19. The van der Waals surface area contributed by atoms with Crippen LogP contribution < -0.4 is 5.32 Å². The summed E-state index contributed by atoms with van der Waals surface area (Å²) < 4.78 is 0. The molecule has 2 atom stereocenters. The molecule has 2 unspecified atom stereocenters. The molecule has 1 fully saturated rings. The number of nitrogens with one attached hydrogen (secondary N) is 1. The highest BCUT2D eigenvalue weighted by atomic mass is 15.2. The zero-order chi connectivity index (χ0) is 9.84. The zero-order valence-electron chi connectivity index (χ0n) is 9.14. The van der Waals surface area contributed by atoms with Crippen molar-refractivity contribution in [2.24, 2.45) is 0 Å². The van der Waals surface area contributed by atoms with E-state index in [0.717, 1.165) is 6.42 Å². The summed E-state index contributed by atoms with van der Waals surface area (Å²) in [4.78, 5) is 2.53. The maximum Gasteiger partial charge on any atom is 0.0169 e. The Labute approximate surface area is 82.0 Å². The van der Waals surface area contributed by atoms with E-state index in [9.17, 15) is 0 Å². The van der Waals surface area contributed by atoms with Crippen molar-refractivity contribution in [1.29, 1.82) is 0 Å². The highest BCUT2D eigenvalue weighted by molar-refractivity contribution is 4.90. The van der Waals surface area contributed by atoms with Crippen LogP contribution in [0.4, 0.5) is 0 Å². The summed E-state index contributed by atoms with van der Waals surface area (Å²) >= 11 is 0. The van der Waals surface area contributed by atoms with Gasteiger partial charge in [-0.2, -0.15) is 0 Å². The van der Waals surface area contributed by atoms with Crippen LogP contribution in [0.1, 0.15) is 27.2 Å². The molecule has 0 aromatic carbocycles. The first kappa shape index (κ1) is 10.7. The zero-order valence-corrected chi connectivity index (χ0v) is 9.14. The number of rotatable bonds is 3. The lowest BCUT2D eigenvalue weighted by molar-refractivity contribution is 0.175. The minimum absolute atomic E-state index is 0.633. The van der Waals surface area contributed by atoms with Crippen LogP contribution in [-0.4, -0.2) is 36.6 Å². The monoisotopic (exact) mass is 182 g/mol. The lowest BCUT2D eigenvalue weighted by atomic mass is 10.1.